The van der Waals surface area contributed by atoms with Crippen molar-refractivity contribution in [3.8, 4) is 5.75 Å². The molecule has 0 saturated carbocycles. The lowest BCUT2D eigenvalue weighted by Gasteiger charge is -2.33. The molecule has 160 valence electrons. The summed E-state index contributed by atoms with van der Waals surface area (Å²) in [6.07, 6.45) is -7.50. The van der Waals surface area contributed by atoms with Crippen molar-refractivity contribution in [3.63, 3.8) is 0 Å². The first-order chi connectivity index (χ1) is 13.9. The van der Waals surface area contributed by atoms with Gasteiger partial charge >= 0.3 is 6.18 Å². The van der Waals surface area contributed by atoms with Crippen LogP contribution in [0.4, 0.5) is 13.2 Å². The van der Waals surface area contributed by atoms with E-state index in [2.05, 4.69) is 21.0 Å². The molecule has 5 nitrogen and oxygen atoms in total. The molecule has 0 aliphatic carbocycles. The van der Waals surface area contributed by atoms with Gasteiger partial charge in [0, 0.05) is 9.50 Å². The first-order valence-electron chi connectivity index (χ1n) is 8.50. The van der Waals surface area contributed by atoms with Gasteiger partial charge < -0.3 is 9.84 Å². The number of rotatable bonds is 4. The Morgan fingerprint density at radius 1 is 1.27 bits per heavy atom. The van der Waals surface area contributed by atoms with Crippen LogP contribution in [0, 0.1) is 0 Å². The number of aliphatic hydroxyl groups is 1. The quantitative estimate of drug-likeness (QED) is 0.580. The average Bonchev–Trinajstić information content (AvgIpc) is 3.02. The fourth-order valence-corrected chi connectivity index (χ4v) is 3.50. The molecule has 0 spiro atoms. The van der Waals surface area contributed by atoms with Gasteiger partial charge in [0.2, 0.25) is 0 Å². The van der Waals surface area contributed by atoms with Crippen molar-refractivity contribution in [1.82, 2.24) is 5.01 Å². The number of halogens is 6. The maximum absolute atomic E-state index is 13.7. The maximum Gasteiger partial charge on any atom is 0.438 e. The zero-order chi connectivity index (χ0) is 22.3. The normalized spacial score (nSPS) is 20.1. The van der Waals surface area contributed by atoms with Crippen molar-refractivity contribution in [2.75, 3.05) is 0 Å². The number of benzene rings is 2. The Labute approximate surface area is 188 Å². The summed E-state index contributed by atoms with van der Waals surface area (Å²) in [6.45, 7) is 1.23. The SMILES string of the molecule is C[C@H](Oc1ccc(Cl)cc1Cl)C(=O)N1N=C(c2ccc(Br)cc2)C[C@@]1(O)C(F)(F)F. The summed E-state index contributed by atoms with van der Waals surface area (Å²) in [7, 11) is 0. The van der Waals surface area contributed by atoms with Gasteiger partial charge in [-0.3, -0.25) is 4.79 Å². The predicted octanol–water partition coefficient (Wildman–Crippen LogP) is 5.41. The minimum Gasteiger partial charge on any atom is -0.479 e. The topological polar surface area (TPSA) is 62.1 Å². The standard InChI is InChI=1S/C19H14BrCl2F3N2O3/c1-10(30-16-7-6-13(21)8-14(16)22)17(28)27-18(29,19(23,24)25)9-15(26-27)11-2-4-12(20)5-3-11/h2-8,10,29H,9H2,1H3/t10-,18+/m0/s1. The van der Waals surface area contributed by atoms with E-state index in [4.69, 9.17) is 27.9 Å². The molecule has 11 heteroatoms. The summed E-state index contributed by atoms with van der Waals surface area (Å²) >= 11 is 15.0. The molecule has 2 aromatic carbocycles. The van der Waals surface area contributed by atoms with Gasteiger partial charge in [-0.1, -0.05) is 51.3 Å². The number of amides is 1. The number of hydrogen-bond acceptors (Lipinski definition) is 4. The largest absolute Gasteiger partial charge is 0.479 e. The van der Waals surface area contributed by atoms with Crippen LogP contribution in [-0.2, 0) is 4.79 Å². The van der Waals surface area contributed by atoms with Crippen LogP contribution in [0.25, 0.3) is 0 Å². The second-order valence-electron chi connectivity index (χ2n) is 6.53. The summed E-state index contributed by atoms with van der Waals surface area (Å²) in [5.41, 5.74) is -3.26. The first kappa shape index (κ1) is 22.9. The Hall–Kier alpha value is -1.81. The van der Waals surface area contributed by atoms with E-state index in [-0.39, 0.29) is 21.5 Å². The van der Waals surface area contributed by atoms with E-state index < -0.39 is 30.3 Å². The Balaban J connectivity index is 1.92. The van der Waals surface area contributed by atoms with E-state index in [9.17, 15) is 23.1 Å². The lowest BCUT2D eigenvalue weighted by Crippen LogP contribution is -2.58. The Kier molecular flexibility index (Phi) is 6.38. The van der Waals surface area contributed by atoms with Crippen LogP contribution in [0.5, 0.6) is 5.75 Å². The van der Waals surface area contributed by atoms with E-state index in [0.717, 1.165) is 0 Å². The monoisotopic (exact) mass is 524 g/mol. The van der Waals surface area contributed by atoms with E-state index in [1.165, 1.54) is 37.3 Å². The van der Waals surface area contributed by atoms with Crippen LogP contribution in [0.1, 0.15) is 18.9 Å². The van der Waals surface area contributed by atoms with Crippen molar-refractivity contribution < 1.29 is 27.8 Å². The van der Waals surface area contributed by atoms with Crippen LogP contribution in [0.3, 0.4) is 0 Å². The third-order valence-corrected chi connectivity index (χ3v) is 5.43. The highest BCUT2D eigenvalue weighted by Crippen LogP contribution is 2.42. The summed E-state index contributed by atoms with van der Waals surface area (Å²) in [5, 5.41) is 14.6. The molecular weight excluding hydrogens is 512 g/mol. The molecule has 30 heavy (non-hydrogen) atoms. The van der Waals surface area contributed by atoms with Crippen molar-refractivity contribution in [2.45, 2.75) is 31.3 Å². The molecule has 0 saturated heterocycles. The van der Waals surface area contributed by atoms with Crippen LogP contribution in [0.15, 0.2) is 52.0 Å². The zero-order valence-electron chi connectivity index (χ0n) is 15.3. The van der Waals surface area contributed by atoms with Crippen LogP contribution in [0.2, 0.25) is 10.0 Å². The minimum absolute atomic E-state index is 0.0267. The number of ether oxygens (including phenoxy) is 1. The number of hydrazone groups is 1. The van der Waals surface area contributed by atoms with Crippen molar-refractivity contribution in [1.29, 1.82) is 0 Å². The Morgan fingerprint density at radius 2 is 1.90 bits per heavy atom. The van der Waals surface area contributed by atoms with Gasteiger partial charge in [-0.15, -0.1) is 0 Å². The van der Waals surface area contributed by atoms with E-state index in [1.54, 1.807) is 12.1 Å². The van der Waals surface area contributed by atoms with Crippen molar-refractivity contribution >= 4 is 50.8 Å². The lowest BCUT2D eigenvalue weighted by molar-refractivity contribution is -0.303. The number of alkyl halides is 3. The smallest absolute Gasteiger partial charge is 0.438 e. The zero-order valence-corrected chi connectivity index (χ0v) is 18.3. The molecule has 0 aromatic heterocycles. The van der Waals surface area contributed by atoms with Gasteiger partial charge in [0.25, 0.3) is 11.6 Å². The van der Waals surface area contributed by atoms with E-state index in [0.29, 0.717) is 15.1 Å². The Morgan fingerprint density at radius 3 is 2.47 bits per heavy atom. The fourth-order valence-electron chi connectivity index (χ4n) is 2.78. The van der Waals surface area contributed by atoms with E-state index in [1.807, 2.05) is 0 Å². The molecule has 1 aliphatic heterocycles. The third kappa shape index (κ3) is 4.44. The van der Waals surface area contributed by atoms with Crippen molar-refractivity contribution in [3.05, 3.63) is 62.5 Å². The average molecular weight is 526 g/mol. The molecule has 1 heterocycles. The molecule has 2 atom stereocenters. The summed E-state index contributed by atoms with van der Waals surface area (Å²) in [4.78, 5) is 12.8. The first-order valence-corrected chi connectivity index (χ1v) is 10.1. The molecule has 3 rings (SSSR count). The van der Waals surface area contributed by atoms with Crippen molar-refractivity contribution in [2.24, 2.45) is 5.10 Å². The van der Waals surface area contributed by atoms with Gasteiger partial charge in [0.15, 0.2) is 6.10 Å². The molecule has 0 fully saturated rings. The summed E-state index contributed by atoms with van der Waals surface area (Å²) in [5.74, 6) is -1.14. The van der Waals surface area contributed by atoms with Gasteiger partial charge in [0.1, 0.15) is 5.75 Å². The fraction of sp³-hybridized carbons (Fsp3) is 0.263. The molecule has 0 bridgehead atoms. The number of carbonyl (C=O) groups excluding carboxylic acids is 1. The third-order valence-electron chi connectivity index (χ3n) is 4.37. The molecular formula is C19H14BrCl2F3N2O3. The molecule has 1 amide bonds. The van der Waals surface area contributed by atoms with Crippen LogP contribution in [-0.4, -0.2) is 39.7 Å². The highest BCUT2D eigenvalue weighted by Gasteiger charge is 2.63. The molecule has 1 aliphatic rings. The summed E-state index contributed by atoms with van der Waals surface area (Å²) < 4.78 is 47.2. The molecule has 1 N–H and O–H groups in total. The summed E-state index contributed by atoms with van der Waals surface area (Å²) in [6, 6.07) is 10.5. The number of nitrogens with zero attached hydrogens (tertiary/aromatic N) is 2. The van der Waals surface area contributed by atoms with Gasteiger partial charge in [-0.2, -0.15) is 23.3 Å². The lowest BCUT2D eigenvalue weighted by atomic mass is 10.0. The van der Waals surface area contributed by atoms with Crippen LogP contribution < -0.4 is 4.74 Å². The second kappa shape index (κ2) is 8.37. The molecule has 2 aromatic rings. The maximum atomic E-state index is 13.7. The van der Waals surface area contributed by atoms with Gasteiger partial charge in [-0.25, -0.2) is 0 Å². The second-order valence-corrected chi connectivity index (χ2v) is 8.29. The highest BCUT2D eigenvalue weighted by molar-refractivity contribution is 9.10. The minimum atomic E-state index is -5.15. The van der Waals surface area contributed by atoms with E-state index >= 15 is 0 Å². The number of hydrogen-bond donors (Lipinski definition) is 1. The van der Waals surface area contributed by atoms with Crippen LogP contribution >= 0.6 is 39.1 Å². The molecule has 0 unspecified atom stereocenters. The highest BCUT2D eigenvalue weighted by atomic mass is 79.9. The Bertz CT molecular complexity index is 1000. The molecule has 0 radical (unpaired) electrons. The predicted molar refractivity (Wildman–Crippen MR) is 110 cm³/mol. The van der Waals surface area contributed by atoms with Gasteiger partial charge in [-0.05, 0) is 42.8 Å². The van der Waals surface area contributed by atoms with Gasteiger partial charge in [0.05, 0.1) is 17.2 Å². The number of carbonyl (C=O) groups is 1.